The average Bonchev–Trinajstić information content (AvgIpc) is 3.47. The molecular weight excluding hydrogens is 559 g/mol. The molecular formula is C32H34F3N5O3. The first-order valence-corrected chi connectivity index (χ1v) is 14.2. The number of methoxy groups -OCH3 is 1. The second-order valence-corrected chi connectivity index (χ2v) is 10.7. The Balaban J connectivity index is 1.32. The Kier molecular flexibility index (Phi) is 8.84. The summed E-state index contributed by atoms with van der Waals surface area (Å²) < 4.78 is 47.7. The molecule has 0 radical (unpaired) electrons. The second-order valence-electron chi connectivity index (χ2n) is 10.7. The highest BCUT2D eigenvalue weighted by Gasteiger charge is 2.34. The molecule has 0 bridgehead atoms. The van der Waals surface area contributed by atoms with Crippen LogP contribution in [0.15, 0.2) is 54.9 Å². The summed E-state index contributed by atoms with van der Waals surface area (Å²) in [5.41, 5.74) is 1.96. The van der Waals surface area contributed by atoms with Gasteiger partial charge in [0.1, 0.15) is 17.0 Å². The van der Waals surface area contributed by atoms with Crippen LogP contribution < -0.4 is 10.1 Å². The van der Waals surface area contributed by atoms with Gasteiger partial charge in [0.05, 0.1) is 18.1 Å². The van der Waals surface area contributed by atoms with E-state index < -0.39 is 17.6 Å². The van der Waals surface area contributed by atoms with E-state index >= 15 is 0 Å². The van der Waals surface area contributed by atoms with Crippen LogP contribution in [0.1, 0.15) is 49.9 Å². The largest absolute Gasteiger partial charge is 0.495 e. The smallest absolute Gasteiger partial charge is 0.416 e. The fraction of sp³-hybridized carbons (Fsp3) is 0.344. The lowest BCUT2D eigenvalue weighted by Gasteiger charge is -2.34. The van der Waals surface area contributed by atoms with Crippen LogP contribution in [0, 0.1) is 6.92 Å². The number of benzene rings is 2. The lowest BCUT2D eigenvalue weighted by molar-refractivity contribution is -0.138. The fourth-order valence-electron chi connectivity index (χ4n) is 5.41. The number of aromatic nitrogens is 2. The average molecular weight is 594 g/mol. The third-order valence-electron chi connectivity index (χ3n) is 7.94. The molecule has 226 valence electrons. The third kappa shape index (κ3) is 6.73. The molecule has 0 aliphatic carbocycles. The van der Waals surface area contributed by atoms with Crippen molar-refractivity contribution in [2.24, 2.45) is 0 Å². The van der Waals surface area contributed by atoms with Crippen molar-refractivity contribution in [2.45, 2.75) is 33.0 Å². The van der Waals surface area contributed by atoms with E-state index in [2.05, 4.69) is 27.1 Å². The Morgan fingerprint density at radius 1 is 1.05 bits per heavy atom. The number of anilines is 1. The topological polar surface area (TPSA) is 90.6 Å². The minimum absolute atomic E-state index is 0.205. The van der Waals surface area contributed by atoms with Gasteiger partial charge in [-0.25, -0.2) is 4.98 Å². The number of pyridine rings is 1. The van der Waals surface area contributed by atoms with Crippen molar-refractivity contribution in [3.05, 3.63) is 88.2 Å². The molecule has 4 aromatic rings. The number of H-pyrrole nitrogens is 1. The number of hydrogen-bond acceptors (Lipinski definition) is 6. The number of alkyl halides is 3. The van der Waals surface area contributed by atoms with E-state index in [-0.39, 0.29) is 41.0 Å². The van der Waals surface area contributed by atoms with E-state index in [4.69, 9.17) is 4.74 Å². The lowest BCUT2D eigenvalue weighted by Crippen LogP contribution is -2.45. The maximum absolute atomic E-state index is 14.1. The van der Waals surface area contributed by atoms with Gasteiger partial charge >= 0.3 is 6.18 Å². The Morgan fingerprint density at radius 2 is 1.79 bits per heavy atom. The number of likely N-dealkylation sites (N-methyl/N-ethyl adjacent to an activating group) is 1. The van der Waals surface area contributed by atoms with Gasteiger partial charge < -0.3 is 19.9 Å². The van der Waals surface area contributed by atoms with Crippen molar-refractivity contribution >= 4 is 28.4 Å². The second kappa shape index (κ2) is 12.6. The zero-order valence-corrected chi connectivity index (χ0v) is 24.3. The number of carbonyl (C=O) groups excluding carboxylic acids is 2. The normalized spacial score (nSPS) is 14.7. The monoisotopic (exact) mass is 593 g/mol. The molecule has 8 nitrogen and oxygen atoms in total. The van der Waals surface area contributed by atoms with Crippen molar-refractivity contribution in [2.75, 3.05) is 45.2 Å². The Labute approximate surface area is 247 Å². The molecule has 1 saturated heterocycles. The number of aromatic amines is 1. The van der Waals surface area contributed by atoms with Crippen LogP contribution in [0.3, 0.4) is 0 Å². The maximum atomic E-state index is 14.1. The summed E-state index contributed by atoms with van der Waals surface area (Å²) >= 11 is 0. The molecule has 5 rings (SSSR count). The number of ether oxygens (including phenoxy) is 1. The van der Waals surface area contributed by atoms with Crippen molar-refractivity contribution in [3.63, 3.8) is 0 Å². The van der Waals surface area contributed by atoms with Gasteiger partial charge in [0, 0.05) is 62.8 Å². The quantitative estimate of drug-likeness (QED) is 0.242. The number of amides is 1. The van der Waals surface area contributed by atoms with Gasteiger partial charge in [0.2, 0.25) is 0 Å². The first-order chi connectivity index (χ1) is 20.6. The zero-order chi connectivity index (χ0) is 30.7. The predicted molar refractivity (Wildman–Crippen MR) is 159 cm³/mol. The number of rotatable bonds is 9. The molecule has 1 aliphatic rings. The van der Waals surface area contributed by atoms with Crippen LogP contribution in [0.4, 0.5) is 18.9 Å². The number of Topliss-reactive ketones (excluding diaryl/α,β-unsaturated/α-hetero) is 1. The number of carbonyl (C=O) groups is 2. The lowest BCUT2D eigenvalue weighted by atomic mass is 9.97. The highest BCUT2D eigenvalue weighted by Crippen LogP contribution is 2.34. The number of hydrogen-bond donors (Lipinski definition) is 2. The first kappa shape index (κ1) is 30.2. The molecule has 2 N–H and O–H groups in total. The SMILES string of the molecule is CCN1CCN(Cc2ccc(CC(=O)c3ccc(C)c(NC(=O)c4cnc5[nH]ccc5c4OC)c3)cc2C(F)(F)F)CC1. The third-order valence-corrected chi connectivity index (χ3v) is 7.94. The van der Waals surface area contributed by atoms with Gasteiger partial charge in [-0.05, 0) is 48.4 Å². The summed E-state index contributed by atoms with van der Waals surface area (Å²) in [4.78, 5) is 38.0. The van der Waals surface area contributed by atoms with Gasteiger partial charge in [-0.15, -0.1) is 0 Å². The molecule has 3 heterocycles. The van der Waals surface area contributed by atoms with Gasteiger partial charge in [-0.2, -0.15) is 13.2 Å². The molecule has 0 spiro atoms. The fourth-order valence-corrected chi connectivity index (χ4v) is 5.41. The molecule has 0 atom stereocenters. The number of fused-ring (bicyclic) bond motifs is 1. The number of nitrogens with zero attached hydrogens (tertiary/aromatic N) is 3. The van der Waals surface area contributed by atoms with Crippen LogP contribution in [0.5, 0.6) is 5.75 Å². The number of aryl methyl sites for hydroxylation is 1. The summed E-state index contributed by atoms with van der Waals surface area (Å²) in [5, 5.41) is 3.47. The van der Waals surface area contributed by atoms with Crippen LogP contribution >= 0.6 is 0 Å². The molecule has 43 heavy (non-hydrogen) atoms. The van der Waals surface area contributed by atoms with Crippen molar-refractivity contribution in [1.29, 1.82) is 0 Å². The number of ketones is 1. The van der Waals surface area contributed by atoms with Crippen LogP contribution in [-0.2, 0) is 19.1 Å². The van der Waals surface area contributed by atoms with E-state index in [1.54, 1.807) is 43.5 Å². The minimum Gasteiger partial charge on any atom is -0.495 e. The van der Waals surface area contributed by atoms with Crippen LogP contribution in [-0.4, -0.2) is 71.3 Å². The summed E-state index contributed by atoms with van der Waals surface area (Å²) in [7, 11) is 1.47. The summed E-state index contributed by atoms with van der Waals surface area (Å²) in [6, 6.07) is 10.8. The van der Waals surface area contributed by atoms with Crippen molar-refractivity contribution in [1.82, 2.24) is 19.8 Å². The first-order valence-electron chi connectivity index (χ1n) is 14.2. The van der Waals surface area contributed by atoms with E-state index in [0.717, 1.165) is 25.7 Å². The Hall–Kier alpha value is -4.22. The van der Waals surface area contributed by atoms with Gasteiger partial charge in [-0.1, -0.05) is 31.2 Å². The maximum Gasteiger partial charge on any atom is 0.416 e. The van der Waals surface area contributed by atoms with Crippen LogP contribution in [0.25, 0.3) is 11.0 Å². The van der Waals surface area contributed by atoms with Gasteiger partial charge in [0.25, 0.3) is 5.91 Å². The molecule has 1 amide bonds. The number of piperazine rings is 1. The molecule has 2 aromatic heterocycles. The molecule has 1 aliphatic heterocycles. The highest BCUT2D eigenvalue weighted by molar-refractivity contribution is 6.10. The summed E-state index contributed by atoms with van der Waals surface area (Å²) in [6.45, 7) is 8.07. The molecule has 2 aromatic carbocycles. The predicted octanol–water partition coefficient (Wildman–Crippen LogP) is 5.71. The van der Waals surface area contributed by atoms with Crippen LogP contribution in [0.2, 0.25) is 0 Å². The van der Waals surface area contributed by atoms with E-state index in [1.165, 1.54) is 19.4 Å². The van der Waals surface area contributed by atoms with E-state index in [1.807, 2.05) is 4.90 Å². The summed E-state index contributed by atoms with van der Waals surface area (Å²) in [5.74, 6) is -0.470. The highest BCUT2D eigenvalue weighted by atomic mass is 19.4. The summed E-state index contributed by atoms with van der Waals surface area (Å²) in [6.07, 6.45) is -1.65. The molecule has 1 fully saturated rings. The van der Waals surface area contributed by atoms with Crippen molar-refractivity contribution in [3.8, 4) is 5.75 Å². The Morgan fingerprint density at radius 3 is 2.49 bits per heavy atom. The van der Waals surface area contributed by atoms with Gasteiger partial charge in [0.15, 0.2) is 5.78 Å². The number of nitrogens with one attached hydrogen (secondary N) is 2. The minimum atomic E-state index is -4.54. The van der Waals surface area contributed by atoms with E-state index in [0.29, 0.717) is 41.1 Å². The standard InChI is InChI=1S/C32H34F3N5O3/c1-4-39-11-13-40(14-12-39)19-23-8-6-21(15-26(23)32(33,34)35)16-28(41)22-7-5-20(2)27(17-22)38-31(42)25-18-37-30-24(9-10-36-30)29(25)43-3/h5-10,15,17-18H,4,11-14,16,19H2,1-3H3,(H,36,37)(H,38,42). The molecule has 0 saturated carbocycles. The van der Waals surface area contributed by atoms with Gasteiger partial charge in [-0.3, -0.25) is 14.5 Å². The number of halogens is 3. The van der Waals surface area contributed by atoms with E-state index in [9.17, 15) is 22.8 Å². The molecule has 0 unspecified atom stereocenters. The zero-order valence-electron chi connectivity index (χ0n) is 24.3. The van der Waals surface area contributed by atoms with Crippen molar-refractivity contribution < 1.29 is 27.5 Å². The Bertz CT molecular complexity index is 1640. The molecule has 11 heteroatoms.